The second-order valence-electron chi connectivity index (χ2n) is 8.99. The summed E-state index contributed by atoms with van der Waals surface area (Å²) in [4.78, 5) is 41.9. The van der Waals surface area contributed by atoms with E-state index in [4.69, 9.17) is 4.74 Å². The van der Waals surface area contributed by atoms with Gasteiger partial charge in [-0.25, -0.2) is 8.42 Å². The molecule has 8 nitrogen and oxygen atoms in total. The van der Waals surface area contributed by atoms with Crippen LogP contribution >= 0.6 is 0 Å². The Bertz CT molecular complexity index is 1270. The minimum Gasteiger partial charge on any atom is -0.379 e. The molecule has 1 aliphatic heterocycles. The molecule has 2 aromatic rings. The molecule has 1 saturated carbocycles. The number of carbonyl (C=O) groups is 3. The normalized spacial score (nSPS) is 23.5. The van der Waals surface area contributed by atoms with Crippen molar-refractivity contribution < 1.29 is 27.5 Å². The Hall–Kier alpha value is -3.04. The van der Waals surface area contributed by atoms with Gasteiger partial charge in [0.25, 0.3) is 15.9 Å². The number of hydrogen-bond donors (Lipinski definition) is 0. The molecule has 1 heterocycles. The van der Waals surface area contributed by atoms with Crippen molar-refractivity contribution in [1.29, 1.82) is 0 Å². The molecule has 0 unspecified atom stereocenters. The zero-order valence-electron chi connectivity index (χ0n) is 20.4. The quantitative estimate of drug-likeness (QED) is 0.544. The Morgan fingerprint density at radius 3 is 2.29 bits per heavy atom. The maximum atomic E-state index is 14.1. The van der Waals surface area contributed by atoms with E-state index in [1.165, 1.54) is 28.4 Å². The molecule has 0 radical (unpaired) electrons. The molecule has 0 N–H and O–H groups in total. The third-order valence-corrected chi connectivity index (χ3v) is 9.06. The minimum absolute atomic E-state index is 0.0446. The molecule has 4 rings (SSSR count). The summed E-state index contributed by atoms with van der Waals surface area (Å²) in [6.07, 6.45) is -1.27. The Labute approximate surface area is 205 Å². The van der Waals surface area contributed by atoms with Crippen LogP contribution in [0.3, 0.4) is 0 Å². The molecule has 2 aliphatic rings. The summed E-state index contributed by atoms with van der Waals surface area (Å²) in [5.41, 5.74) is -0.0649. The van der Waals surface area contributed by atoms with Crippen LogP contribution in [0, 0.1) is 6.92 Å². The molecule has 0 spiro atoms. The lowest BCUT2D eigenvalue weighted by atomic mass is 9.63. The lowest BCUT2D eigenvalue weighted by Crippen LogP contribution is -2.65. The van der Waals surface area contributed by atoms with E-state index >= 15 is 0 Å². The highest BCUT2D eigenvalue weighted by Gasteiger charge is 2.67. The SMILES string of the molecule is CCN(CC)C(=O)C(=O)[C@@]12c3ccccc3N(S(=O)(=O)c3ccc(C)cc3)[C@@H]1CC(=O)C[C@H]2OC. The lowest BCUT2D eigenvalue weighted by Gasteiger charge is -2.45. The predicted molar refractivity (Wildman–Crippen MR) is 131 cm³/mol. The van der Waals surface area contributed by atoms with Crippen LogP contribution in [0.4, 0.5) is 5.69 Å². The Kier molecular flexibility index (Phi) is 6.59. The molecule has 1 aliphatic carbocycles. The summed E-state index contributed by atoms with van der Waals surface area (Å²) in [5.74, 6) is -1.68. The topological polar surface area (TPSA) is 101 Å². The number of hydrogen-bond acceptors (Lipinski definition) is 6. The number of para-hydroxylation sites is 1. The average Bonchev–Trinajstić information content (AvgIpc) is 3.15. The fourth-order valence-corrected chi connectivity index (χ4v) is 7.19. The summed E-state index contributed by atoms with van der Waals surface area (Å²) in [6, 6.07) is 12.0. The molecule has 0 bridgehead atoms. The largest absolute Gasteiger partial charge is 0.379 e. The van der Waals surface area contributed by atoms with E-state index in [2.05, 4.69) is 0 Å². The van der Waals surface area contributed by atoms with E-state index in [9.17, 15) is 22.8 Å². The van der Waals surface area contributed by atoms with Gasteiger partial charge in [-0.1, -0.05) is 35.9 Å². The number of nitrogens with zero attached hydrogens (tertiary/aromatic N) is 2. The van der Waals surface area contributed by atoms with Crippen molar-refractivity contribution in [2.45, 2.75) is 56.1 Å². The number of anilines is 1. The third-order valence-electron chi connectivity index (χ3n) is 7.22. The molecule has 1 amide bonds. The average molecular weight is 499 g/mol. The van der Waals surface area contributed by atoms with Crippen molar-refractivity contribution in [3.05, 3.63) is 59.7 Å². The van der Waals surface area contributed by atoms with Crippen LogP contribution in [0.25, 0.3) is 0 Å². The highest BCUT2D eigenvalue weighted by Crippen LogP contribution is 2.54. The zero-order valence-corrected chi connectivity index (χ0v) is 21.2. The molecular weight excluding hydrogens is 468 g/mol. The smallest absolute Gasteiger partial charge is 0.291 e. The minimum atomic E-state index is -4.17. The number of aryl methyl sites for hydroxylation is 1. The van der Waals surface area contributed by atoms with Gasteiger partial charge in [0.15, 0.2) is 0 Å². The highest BCUT2D eigenvalue weighted by molar-refractivity contribution is 7.93. The van der Waals surface area contributed by atoms with Crippen LogP contribution in [-0.4, -0.2) is 63.1 Å². The summed E-state index contributed by atoms with van der Waals surface area (Å²) in [7, 11) is -2.79. The van der Waals surface area contributed by atoms with Gasteiger partial charge in [0, 0.05) is 33.0 Å². The summed E-state index contributed by atoms with van der Waals surface area (Å²) >= 11 is 0. The van der Waals surface area contributed by atoms with Crippen molar-refractivity contribution in [2.24, 2.45) is 0 Å². The highest BCUT2D eigenvalue weighted by atomic mass is 32.2. The van der Waals surface area contributed by atoms with Gasteiger partial charge in [-0.3, -0.25) is 18.7 Å². The van der Waals surface area contributed by atoms with Gasteiger partial charge in [-0.05, 0) is 44.5 Å². The lowest BCUT2D eigenvalue weighted by molar-refractivity contribution is -0.153. The van der Waals surface area contributed by atoms with Gasteiger partial charge in [-0.2, -0.15) is 0 Å². The van der Waals surface area contributed by atoms with Crippen LogP contribution in [-0.2, 0) is 34.6 Å². The second-order valence-corrected chi connectivity index (χ2v) is 10.8. The van der Waals surface area contributed by atoms with E-state index in [0.29, 0.717) is 18.7 Å². The molecule has 0 aromatic heterocycles. The van der Waals surface area contributed by atoms with Crippen LogP contribution in [0.1, 0.15) is 37.8 Å². The van der Waals surface area contributed by atoms with Crippen LogP contribution in [0.15, 0.2) is 53.4 Å². The first-order chi connectivity index (χ1) is 16.6. The number of fused-ring (bicyclic) bond motifs is 3. The maximum Gasteiger partial charge on any atom is 0.291 e. The van der Waals surface area contributed by atoms with E-state index < -0.39 is 39.3 Å². The summed E-state index contributed by atoms with van der Waals surface area (Å²) in [5, 5.41) is 0. The molecular formula is C26H30N2O6S. The van der Waals surface area contributed by atoms with Crippen molar-refractivity contribution in [3.8, 4) is 0 Å². The number of ether oxygens (including phenoxy) is 1. The van der Waals surface area contributed by atoms with Crippen molar-refractivity contribution in [2.75, 3.05) is 24.5 Å². The number of rotatable bonds is 7. The standard InChI is InChI=1S/C26H30N2O6S/c1-5-27(6-2)25(31)24(30)26-20-9-7-8-10-21(20)28(22(26)15-18(29)16-23(26)34-4)35(32,33)19-13-11-17(3)12-14-19/h7-14,22-23H,5-6,15-16H2,1-4H3/t22-,23-,26+/m1/s1. The zero-order chi connectivity index (χ0) is 25.5. The molecule has 186 valence electrons. The Balaban J connectivity index is 2.00. The molecule has 9 heteroatoms. The molecule has 0 saturated heterocycles. The van der Waals surface area contributed by atoms with Gasteiger partial charge < -0.3 is 9.64 Å². The molecule has 2 aromatic carbocycles. The Morgan fingerprint density at radius 1 is 1.06 bits per heavy atom. The number of Topliss-reactive ketones (excluding diaryl/α,β-unsaturated/α-hetero) is 2. The van der Waals surface area contributed by atoms with Crippen molar-refractivity contribution >= 4 is 33.2 Å². The number of sulfonamides is 1. The number of carbonyl (C=O) groups excluding carboxylic acids is 3. The fourth-order valence-electron chi connectivity index (χ4n) is 5.49. The van der Waals surface area contributed by atoms with Crippen LogP contribution < -0.4 is 4.31 Å². The van der Waals surface area contributed by atoms with Gasteiger partial charge >= 0.3 is 0 Å². The summed E-state index contributed by atoms with van der Waals surface area (Å²) < 4.78 is 34.9. The van der Waals surface area contributed by atoms with Gasteiger partial charge in [0.1, 0.15) is 11.2 Å². The Morgan fingerprint density at radius 2 is 1.69 bits per heavy atom. The number of methoxy groups -OCH3 is 1. The van der Waals surface area contributed by atoms with E-state index in [1.807, 2.05) is 6.92 Å². The van der Waals surface area contributed by atoms with Crippen LogP contribution in [0.5, 0.6) is 0 Å². The van der Waals surface area contributed by atoms with Gasteiger partial charge in [-0.15, -0.1) is 0 Å². The van der Waals surface area contributed by atoms with Crippen molar-refractivity contribution in [1.82, 2.24) is 4.90 Å². The fraction of sp³-hybridized carbons (Fsp3) is 0.423. The monoisotopic (exact) mass is 498 g/mol. The first kappa shape index (κ1) is 25.1. The molecule has 3 atom stereocenters. The third kappa shape index (κ3) is 3.68. The summed E-state index contributed by atoms with van der Waals surface area (Å²) in [6.45, 7) is 6.06. The van der Waals surface area contributed by atoms with E-state index in [-0.39, 0.29) is 29.2 Å². The van der Waals surface area contributed by atoms with Crippen LogP contribution in [0.2, 0.25) is 0 Å². The van der Waals surface area contributed by atoms with E-state index in [1.54, 1.807) is 50.2 Å². The molecule has 1 fully saturated rings. The van der Waals surface area contributed by atoms with E-state index in [0.717, 1.165) is 5.56 Å². The van der Waals surface area contributed by atoms with Gasteiger partial charge in [0.05, 0.1) is 22.7 Å². The second kappa shape index (κ2) is 9.20. The predicted octanol–water partition coefficient (Wildman–Crippen LogP) is 2.63. The number of ketones is 2. The first-order valence-corrected chi connectivity index (χ1v) is 13.2. The van der Waals surface area contributed by atoms with Gasteiger partial charge in [0.2, 0.25) is 5.78 Å². The molecule has 35 heavy (non-hydrogen) atoms. The first-order valence-electron chi connectivity index (χ1n) is 11.7. The number of benzene rings is 2. The van der Waals surface area contributed by atoms with Crippen molar-refractivity contribution in [3.63, 3.8) is 0 Å². The number of amides is 1. The maximum absolute atomic E-state index is 14.1. The number of likely N-dealkylation sites (N-methyl/N-ethyl adjacent to an activating group) is 1.